The molecule has 130 valence electrons. The molecule has 1 heterocycles. The molecule has 1 aromatic carbocycles. The lowest BCUT2D eigenvalue weighted by molar-refractivity contribution is -0.920. The van der Waals surface area contributed by atoms with E-state index in [2.05, 4.69) is 38.1 Å². The third-order valence-corrected chi connectivity index (χ3v) is 5.88. The van der Waals surface area contributed by atoms with E-state index in [4.69, 9.17) is 5.41 Å². The third kappa shape index (κ3) is 2.51. The van der Waals surface area contributed by atoms with Crippen molar-refractivity contribution in [1.82, 2.24) is 0 Å². The van der Waals surface area contributed by atoms with Gasteiger partial charge >= 0.3 is 0 Å². The molecule has 1 fully saturated rings. The molecule has 1 aromatic rings. The zero-order valence-corrected chi connectivity index (χ0v) is 15.0. The molecular formula is C21H22N5+. The van der Waals surface area contributed by atoms with E-state index < -0.39 is 17.3 Å². The Bertz CT molecular complexity index is 848. The molecule has 0 amide bonds. The van der Waals surface area contributed by atoms with Crippen molar-refractivity contribution in [3.8, 4) is 18.2 Å². The average Bonchev–Trinajstić information content (AvgIpc) is 2.67. The Morgan fingerprint density at radius 1 is 1.15 bits per heavy atom. The monoisotopic (exact) mass is 344 g/mol. The first kappa shape index (κ1) is 17.9. The molecule has 0 bridgehead atoms. The van der Waals surface area contributed by atoms with Crippen LogP contribution in [0.25, 0.3) is 0 Å². The molecule has 0 spiro atoms. The summed E-state index contributed by atoms with van der Waals surface area (Å²) < 4.78 is 0. The number of benzene rings is 1. The minimum Gasteiger partial charge on any atom is -0.329 e. The van der Waals surface area contributed by atoms with Crippen LogP contribution in [0.2, 0.25) is 0 Å². The molecular weight excluding hydrogens is 322 g/mol. The highest BCUT2D eigenvalue weighted by atomic mass is 15.2. The topological polar surface area (TPSA) is 99.7 Å². The van der Waals surface area contributed by atoms with Gasteiger partial charge in [-0.1, -0.05) is 30.3 Å². The van der Waals surface area contributed by atoms with E-state index in [0.29, 0.717) is 6.04 Å². The second-order valence-electron chi connectivity index (χ2n) is 7.43. The normalized spacial score (nSPS) is 29.7. The maximum absolute atomic E-state index is 9.97. The number of fused-ring (bicyclic) bond motifs is 1. The summed E-state index contributed by atoms with van der Waals surface area (Å²) >= 11 is 0. The van der Waals surface area contributed by atoms with Crippen LogP contribution >= 0.6 is 0 Å². The zero-order chi connectivity index (χ0) is 18.9. The molecule has 5 heteroatoms. The summed E-state index contributed by atoms with van der Waals surface area (Å²) in [5, 5.41) is 38.2. The quantitative estimate of drug-likeness (QED) is 0.800. The van der Waals surface area contributed by atoms with Crippen LogP contribution in [0.15, 0.2) is 42.0 Å². The number of quaternary nitrogens is 1. The van der Waals surface area contributed by atoms with Crippen LogP contribution in [0.1, 0.15) is 25.3 Å². The number of hydrogen-bond donors (Lipinski definition) is 2. The second kappa shape index (κ2) is 6.75. The SMILES string of the molecule is CC(C)[NH+]1CC=C2C(C#N)C(=N)C(C#N)(C#N)[C@@H](c3ccccc3)[C@@H]2C1. The maximum Gasteiger partial charge on any atom is 0.189 e. The predicted octanol–water partition coefficient (Wildman–Crippen LogP) is 1.83. The van der Waals surface area contributed by atoms with Crippen molar-refractivity contribution in [3.05, 3.63) is 47.5 Å². The van der Waals surface area contributed by atoms with E-state index in [1.54, 1.807) is 0 Å². The molecule has 0 saturated heterocycles. The highest BCUT2D eigenvalue weighted by Gasteiger charge is 2.58. The molecule has 1 saturated carbocycles. The van der Waals surface area contributed by atoms with Crippen LogP contribution in [0, 0.1) is 56.7 Å². The van der Waals surface area contributed by atoms with E-state index in [1.165, 1.54) is 4.90 Å². The van der Waals surface area contributed by atoms with Crippen molar-refractivity contribution in [3.63, 3.8) is 0 Å². The van der Waals surface area contributed by atoms with Gasteiger partial charge in [0.25, 0.3) is 0 Å². The first-order valence-corrected chi connectivity index (χ1v) is 8.90. The second-order valence-corrected chi connectivity index (χ2v) is 7.43. The fourth-order valence-electron chi connectivity index (χ4n) is 4.43. The van der Waals surface area contributed by atoms with Crippen LogP contribution in [-0.4, -0.2) is 24.8 Å². The molecule has 2 unspecified atom stereocenters. The molecule has 5 nitrogen and oxygen atoms in total. The lowest BCUT2D eigenvalue weighted by atomic mass is 9.54. The lowest BCUT2D eigenvalue weighted by Crippen LogP contribution is -3.16. The Balaban J connectivity index is 2.23. The summed E-state index contributed by atoms with van der Waals surface area (Å²) in [6.45, 7) is 5.88. The van der Waals surface area contributed by atoms with Crippen molar-refractivity contribution in [1.29, 1.82) is 21.2 Å². The van der Waals surface area contributed by atoms with Crippen LogP contribution < -0.4 is 4.90 Å². The Hall–Kier alpha value is -2.94. The van der Waals surface area contributed by atoms with Crippen molar-refractivity contribution in [2.45, 2.75) is 25.8 Å². The number of nitrogens with one attached hydrogen (secondary N) is 2. The number of nitriles is 3. The van der Waals surface area contributed by atoms with E-state index >= 15 is 0 Å². The van der Waals surface area contributed by atoms with Crippen LogP contribution in [0.3, 0.4) is 0 Å². The maximum atomic E-state index is 9.97. The Kier molecular flexibility index (Phi) is 4.64. The molecule has 26 heavy (non-hydrogen) atoms. The van der Waals surface area contributed by atoms with Gasteiger partial charge in [0.15, 0.2) is 5.41 Å². The number of rotatable bonds is 2. The summed E-state index contributed by atoms with van der Waals surface area (Å²) in [7, 11) is 0. The van der Waals surface area contributed by atoms with E-state index in [1.807, 2.05) is 30.3 Å². The fourth-order valence-corrected chi connectivity index (χ4v) is 4.43. The van der Waals surface area contributed by atoms with Gasteiger partial charge in [0.2, 0.25) is 0 Å². The Morgan fingerprint density at radius 3 is 2.35 bits per heavy atom. The molecule has 1 aliphatic heterocycles. The molecule has 0 aromatic heterocycles. The van der Waals surface area contributed by atoms with E-state index in [-0.39, 0.29) is 11.6 Å². The minimum atomic E-state index is -1.61. The van der Waals surface area contributed by atoms with Crippen molar-refractivity contribution >= 4 is 5.71 Å². The highest BCUT2D eigenvalue weighted by molar-refractivity contribution is 6.00. The van der Waals surface area contributed by atoms with Crippen molar-refractivity contribution < 1.29 is 4.90 Å². The van der Waals surface area contributed by atoms with Crippen LogP contribution in [0.5, 0.6) is 0 Å². The van der Waals surface area contributed by atoms with Gasteiger partial charge < -0.3 is 10.3 Å². The summed E-state index contributed by atoms with van der Waals surface area (Å²) in [6.07, 6.45) is 2.07. The molecule has 4 atom stereocenters. The smallest absolute Gasteiger partial charge is 0.189 e. The molecule has 2 N–H and O–H groups in total. The van der Waals surface area contributed by atoms with Crippen molar-refractivity contribution in [2.24, 2.45) is 17.3 Å². The molecule has 1 aliphatic carbocycles. The van der Waals surface area contributed by atoms with Gasteiger partial charge in [-0.3, -0.25) is 0 Å². The largest absolute Gasteiger partial charge is 0.329 e. The van der Waals surface area contributed by atoms with Gasteiger partial charge in [0.1, 0.15) is 5.92 Å². The first-order valence-electron chi connectivity index (χ1n) is 8.90. The van der Waals surface area contributed by atoms with Gasteiger partial charge in [-0.15, -0.1) is 0 Å². The van der Waals surface area contributed by atoms with Gasteiger partial charge in [0, 0.05) is 11.8 Å². The Labute approximate surface area is 154 Å². The lowest BCUT2D eigenvalue weighted by Gasteiger charge is -2.47. The van der Waals surface area contributed by atoms with Gasteiger partial charge in [0.05, 0.1) is 43.1 Å². The minimum absolute atomic E-state index is 0.0747. The van der Waals surface area contributed by atoms with Crippen LogP contribution in [-0.2, 0) is 0 Å². The molecule has 0 radical (unpaired) electrons. The predicted molar refractivity (Wildman–Crippen MR) is 97.1 cm³/mol. The number of hydrogen-bond acceptors (Lipinski definition) is 4. The number of nitrogens with zero attached hydrogens (tertiary/aromatic N) is 3. The molecule has 3 rings (SSSR count). The van der Waals surface area contributed by atoms with Crippen LogP contribution in [0.4, 0.5) is 0 Å². The fraction of sp³-hybridized carbons (Fsp3) is 0.429. The third-order valence-electron chi connectivity index (χ3n) is 5.88. The standard InChI is InChI=1S/C21H21N5/c1-14(2)26-9-8-16-17(10-22)20(25)21(12-23,13-24)19(18(16)11-26)15-6-4-3-5-7-15/h3-8,14,17-19,25H,9,11H2,1-2H3/p+1/t17?,18-,19+/m1/s1. The summed E-state index contributed by atoms with van der Waals surface area (Å²) in [5.41, 5.74) is 0.118. The summed E-state index contributed by atoms with van der Waals surface area (Å²) in [4.78, 5) is 1.37. The first-order chi connectivity index (χ1) is 12.5. The van der Waals surface area contributed by atoms with Gasteiger partial charge in [-0.05, 0) is 31.1 Å². The van der Waals surface area contributed by atoms with Gasteiger partial charge in [-0.2, -0.15) is 15.8 Å². The summed E-state index contributed by atoms with van der Waals surface area (Å²) in [6, 6.07) is 16.4. The van der Waals surface area contributed by atoms with Gasteiger partial charge in [-0.25, -0.2) is 0 Å². The molecule has 2 aliphatic rings. The zero-order valence-electron chi connectivity index (χ0n) is 15.0. The Morgan fingerprint density at radius 2 is 1.81 bits per heavy atom. The summed E-state index contributed by atoms with van der Waals surface area (Å²) in [5.74, 6) is -1.31. The highest BCUT2D eigenvalue weighted by Crippen LogP contribution is 2.52. The average molecular weight is 344 g/mol. The van der Waals surface area contributed by atoms with Crippen molar-refractivity contribution in [2.75, 3.05) is 13.1 Å². The van der Waals surface area contributed by atoms with E-state index in [9.17, 15) is 15.8 Å². The van der Waals surface area contributed by atoms with E-state index in [0.717, 1.165) is 24.2 Å².